The van der Waals surface area contributed by atoms with Gasteiger partial charge in [-0.1, -0.05) is 18.9 Å². The molecule has 1 aromatic heterocycles. The summed E-state index contributed by atoms with van der Waals surface area (Å²) in [6.07, 6.45) is 6.17. The Kier molecular flexibility index (Phi) is 3.15. The first kappa shape index (κ1) is 9.40. The van der Waals surface area contributed by atoms with Gasteiger partial charge in [0.25, 0.3) is 0 Å². The van der Waals surface area contributed by atoms with Crippen molar-refractivity contribution < 1.29 is 0 Å². The lowest BCUT2D eigenvalue weighted by Gasteiger charge is -2.10. The van der Waals surface area contributed by atoms with Crippen molar-refractivity contribution in [3.63, 3.8) is 0 Å². The monoisotopic (exact) mass is 175 g/mol. The van der Waals surface area contributed by atoms with Gasteiger partial charge in [0, 0.05) is 0 Å². The van der Waals surface area contributed by atoms with Crippen LogP contribution in [0.1, 0.15) is 13.3 Å². The van der Waals surface area contributed by atoms with Gasteiger partial charge in [-0.15, -0.1) is 6.42 Å². The number of hydrogen-bond acceptors (Lipinski definition) is 3. The van der Waals surface area contributed by atoms with E-state index >= 15 is 0 Å². The van der Waals surface area contributed by atoms with Crippen LogP contribution in [0.2, 0.25) is 0 Å². The van der Waals surface area contributed by atoms with Gasteiger partial charge in [0.15, 0.2) is 0 Å². The normalized spacial score (nSPS) is 11.7. The molecule has 3 nitrogen and oxygen atoms in total. The zero-order chi connectivity index (χ0) is 9.68. The van der Waals surface area contributed by atoms with E-state index in [2.05, 4.69) is 16.2 Å². The predicted octanol–water partition coefficient (Wildman–Crippen LogP) is 1.49. The Hall–Kier alpha value is -1.69. The molecule has 0 fully saturated rings. The topological polar surface area (TPSA) is 50.9 Å². The summed E-state index contributed by atoms with van der Waals surface area (Å²) in [5, 5.41) is 3.09. The van der Waals surface area contributed by atoms with E-state index in [4.69, 9.17) is 12.2 Å². The third kappa shape index (κ3) is 2.68. The molecule has 1 rings (SSSR count). The third-order valence-electron chi connectivity index (χ3n) is 1.70. The highest BCUT2D eigenvalue weighted by atomic mass is 15.0. The van der Waals surface area contributed by atoms with Crippen molar-refractivity contribution in [3.8, 4) is 12.3 Å². The summed E-state index contributed by atoms with van der Waals surface area (Å²) in [7, 11) is 0. The highest BCUT2D eigenvalue weighted by Crippen LogP contribution is 2.07. The van der Waals surface area contributed by atoms with Gasteiger partial charge < -0.3 is 11.1 Å². The minimum absolute atomic E-state index is 0.0225. The van der Waals surface area contributed by atoms with E-state index in [1.54, 1.807) is 6.07 Å². The van der Waals surface area contributed by atoms with Crippen LogP contribution in [-0.2, 0) is 0 Å². The molecule has 68 valence electrons. The molecule has 0 aromatic carbocycles. The number of hydrogen-bond donors (Lipinski definition) is 2. The maximum Gasteiger partial charge on any atom is 0.129 e. The van der Waals surface area contributed by atoms with Crippen molar-refractivity contribution >= 4 is 11.6 Å². The Labute approximate surface area is 78.4 Å². The number of nitrogens with two attached hydrogens (primary N) is 1. The fourth-order valence-electron chi connectivity index (χ4n) is 0.972. The average Bonchev–Trinajstić information content (AvgIpc) is 2.14. The molecule has 0 radical (unpaired) electrons. The van der Waals surface area contributed by atoms with Crippen molar-refractivity contribution in [1.82, 2.24) is 4.98 Å². The first-order valence-corrected chi connectivity index (χ1v) is 4.21. The van der Waals surface area contributed by atoms with Crippen LogP contribution in [0.25, 0.3) is 0 Å². The van der Waals surface area contributed by atoms with Crippen LogP contribution < -0.4 is 11.1 Å². The van der Waals surface area contributed by atoms with Gasteiger partial charge in [0.2, 0.25) is 0 Å². The largest absolute Gasteiger partial charge is 0.384 e. The van der Waals surface area contributed by atoms with E-state index < -0.39 is 0 Å². The van der Waals surface area contributed by atoms with Crippen molar-refractivity contribution in [1.29, 1.82) is 0 Å². The Morgan fingerprint density at radius 3 is 3.00 bits per heavy atom. The van der Waals surface area contributed by atoms with Gasteiger partial charge >= 0.3 is 0 Å². The van der Waals surface area contributed by atoms with Crippen molar-refractivity contribution in [2.75, 3.05) is 11.1 Å². The molecule has 3 heteroatoms. The molecule has 0 spiro atoms. The summed E-state index contributed by atoms with van der Waals surface area (Å²) in [5.41, 5.74) is 5.51. The van der Waals surface area contributed by atoms with E-state index in [0.717, 1.165) is 12.2 Å². The lowest BCUT2D eigenvalue weighted by molar-refractivity contribution is 0.851. The molecular weight excluding hydrogens is 162 g/mol. The number of pyridine rings is 1. The summed E-state index contributed by atoms with van der Waals surface area (Å²) in [6.45, 7) is 2.02. The lowest BCUT2D eigenvalue weighted by atomic mass is 10.2. The first-order valence-electron chi connectivity index (χ1n) is 4.21. The maximum absolute atomic E-state index is 5.51. The van der Waals surface area contributed by atoms with Gasteiger partial charge in [0.1, 0.15) is 11.6 Å². The van der Waals surface area contributed by atoms with Crippen LogP contribution in [0, 0.1) is 12.3 Å². The molecule has 0 aliphatic rings. The standard InChI is InChI=1S/C10H13N3/c1-3-8(4-2)12-10-7-5-6-9(11)13-10/h1,5-8H,4H2,2H3,(H3,11,12,13). The fraction of sp³-hybridized carbons (Fsp3) is 0.300. The van der Waals surface area contributed by atoms with Crippen molar-refractivity contribution in [2.45, 2.75) is 19.4 Å². The maximum atomic E-state index is 5.51. The molecule has 0 amide bonds. The zero-order valence-corrected chi connectivity index (χ0v) is 7.62. The summed E-state index contributed by atoms with van der Waals surface area (Å²) >= 11 is 0. The predicted molar refractivity (Wildman–Crippen MR) is 55.2 cm³/mol. The van der Waals surface area contributed by atoms with Gasteiger partial charge in [-0.2, -0.15) is 0 Å². The fourth-order valence-corrected chi connectivity index (χ4v) is 0.972. The van der Waals surface area contributed by atoms with Crippen LogP contribution in [0.3, 0.4) is 0 Å². The Morgan fingerprint density at radius 1 is 1.69 bits per heavy atom. The summed E-state index contributed by atoms with van der Waals surface area (Å²) in [6, 6.07) is 5.45. The summed E-state index contributed by atoms with van der Waals surface area (Å²) in [5.74, 6) is 3.85. The summed E-state index contributed by atoms with van der Waals surface area (Å²) < 4.78 is 0. The second kappa shape index (κ2) is 4.36. The summed E-state index contributed by atoms with van der Waals surface area (Å²) in [4.78, 5) is 4.08. The van der Waals surface area contributed by atoms with Crippen LogP contribution in [0.4, 0.5) is 11.6 Å². The van der Waals surface area contributed by atoms with Gasteiger partial charge in [-0.25, -0.2) is 4.98 Å². The molecule has 3 N–H and O–H groups in total. The van der Waals surface area contributed by atoms with Crippen LogP contribution in [0.5, 0.6) is 0 Å². The Balaban J connectivity index is 2.69. The van der Waals surface area contributed by atoms with Crippen LogP contribution >= 0.6 is 0 Å². The average molecular weight is 175 g/mol. The van der Waals surface area contributed by atoms with E-state index in [1.165, 1.54) is 0 Å². The van der Waals surface area contributed by atoms with Gasteiger partial charge in [-0.3, -0.25) is 0 Å². The second-order valence-corrected chi connectivity index (χ2v) is 2.72. The number of terminal acetylenes is 1. The highest BCUT2D eigenvalue weighted by molar-refractivity contribution is 5.44. The lowest BCUT2D eigenvalue weighted by Crippen LogP contribution is -2.16. The Morgan fingerprint density at radius 2 is 2.46 bits per heavy atom. The minimum atomic E-state index is 0.0225. The molecule has 0 aliphatic carbocycles. The van der Waals surface area contributed by atoms with E-state index in [-0.39, 0.29) is 6.04 Å². The minimum Gasteiger partial charge on any atom is -0.384 e. The number of nitrogens with one attached hydrogen (secondary N) is 1. The molecular formula is C10H13N3. The second-order valence-electron chi connectivity index (χ2n) is 2.72. The van der Waals surface area contributed by atoms with Crippen molar-refractivity contribution in [3.05, 3.63) is 18.2 Å². The van der Waals surface area contributed by atoms with E-state index in [1.807, 2.05) is 19.1 Å². The first-order chi connectivity index (χ1) is 6.26. The molecule has 1 atom stereocenters. The molecule has 1 aromatic rings. The molecule has 13 heavy (non-hydrogen) atoms. The van der Waals surface area contributed by atoms with Crippen LogP contribution in [0.15, 0.2) is 18.2 Å². The highest BCUT2D eigenvalue weighted by Gasteiger charge is 2.01. The number of nitrogen functional groups attached to an aromatic ring is 1. The number of rotatable bonds is 3. The van der Waals surface area contributed by atoms with Gasteiger partial charge in [0.05, 0.1) is 6.04 Å². The van der Waals surface area contributed by atoms with Crippen LogP contribution in [-0.4, -0.2) is 11.0 Å². The van der Waals surface area contributed by atoms with E-state index in [0.29, 0.717) is 5.82 Å². The molecule has 0 aliphatic heterocycles. The quantitative estimate of drug-likeness (QED) is 0.684. The molecule has 0 saturated carbocycles. The zero-order valence-electron chi connectivity index (χ0n) is 7.62. The smallest absolute Gasteiger partial charge is 0.129 e. The SMILES string of the molecule is C#CC(CC)Nc1cccc(N)n1. The third-order valence-corrected chi connectivity index (χ3v) is 1.70. The molecule has 1 heterocycles. The Bertz CT molecular complexity index is 314. The molecule has 1 unspecified atom stereocenters. The van der Waals surface area contributed by atoms with E-state index in [9.17, 15) is 0 Å². The number of nitrogens with zero attached hydrogens (tertiary/aromatic N) is 1. The molecule has 0 saturated heterocycles. The van der Waals surface area contributed by atoms with Crippen molar-refractivity contribution in [2.24, 2.45) is 0 Å². The van der Waals surface area contributed by atoms with Gasteiger partial charge in [-0.05, 0) is 18.6 Å². The molecule has 0 bridgehead atoms. The number of anilines is 2. The number of aromatic nitrogens is 1.